The molecule has 0 spiro atoms. The SMILES string of the molecule is COC(=O)c1ccc(C=Cc2ccccc2)s1. The first-order valence-electron chi connectivity index (χ1n) is 5.21. The average Bonchev–Trinajstić information content (AvgIpc) is 2.85. The van der Waals surface area contributed by atoms with E-state index in [0.717, 1.165) is 10.4 Å². The Morgan fingerprint density at radius 1 is 1.12 bits per heavy atom. The minimum Gasteiger partial charge on any atom is -0.465 e. The first kappa shape index (κ1) is 11.6. The molecular formula is C14H12O2S. The summed E-state index contributed by atoms with van der Waals surface area (Å²) in [5, 5.41) is 0. The van der Waals surface area contributed by atoms with Crippen molar-refractivity contribution in [1.82, 2.24) is 0 Å². The summed E-state index contributed by atoms with van der Waals surface area (Å²) < 4.78 is 4.66. The molecule has 0 saturated carbocycles. The second kappa shape index (κ2) is 5.46. The van der Waals surface area contributed by atoms with Crippen LogP contribution in [0.1, 0.15) is 20.1 Å². The van der Waals surface area contributed by atoms with Gasteiger partial charge in [-0.2, -0.15) is 0 Å². The van der Waals surface area contributed by atoms with Gasteiger partial charge in [0, 0.05) is 4.88 Å². The summed E-state index contributed by atoms with van der Waals surface area (Å²) in [5.41, 5.74) is 1.14. The Kier molecular flexibility index (Phi) is 3.73. The lowest BCUT2D eigenvalue weighted by atomic mass is 10.2. The van der Waals surface area contributed by atoms with Crippen LogP contribution in [0.25, 0.3) is 12.2 Å². The van der Waals surface area contributed by atoms with Crippen LogP contribution in [0, 0.1) is 0 Å². The van der Waals surface area contributed by atoms with Crippen LogP contribution in [0.15, 0.2) is 42.5 Å². The van der Waals surface area contributed by atoms with E-state index in [4.69, 9.17) is 0 Å². The predicted molar refractivity (Wildman–Crippen MR) is 71.0 cm³/mol. The lowest BCUT2D eigenvalue weighted by molar-refractivity contribution is 0.0606. The highest BCUT2D eigenvalue weighted by molar-refractivity contribution is 7.14. The van der Waals surface area contributed by atoms with Gasteiger partial charge in [-0.1, -0.05) is 36.4 Å². The maximum Gasteiger partial charge on any atom is 0.348 e. The molecule has 2 nitrogen and oxygen atoms in total. The summed E-state index contributed by atoms with van der Waals surface area (Å²) >= 11 is 1.42. The van der Waals surface area contributed by atoms with Gasteiger partial charge in [-0.05, 0) is 23.8 Å². The van der Waals surface area contributed by atoms with Crippen LogP contribution in [0.3, 0.4) is 0 Å². The van der Waals surface area contributed by atoms with Gasteiger partial charge in [0.15, 0.2) is 0 Å². The molecule has 0 atom stereocenters. The fourth-order valence-electron chi connectivity index (χ4n) is 1.40. The number of carbonyl (C=O) groups excluding carboxylic acids is 1. The first-order valence-corrected chi connectivity index (χ1v) is 6.02. The molecular weight excluding hydrogens is 232 g/mol. The monoisotopic (exact) mass is 244 g/mol. The molecule has 0 fully saturated rings. The normalized spacial score (nSPS) is 10.6. The number of carbonyl (C=O) groups is 1. The Hall–Kier alpha value is -1.87. The summed E-state index contributed by atoms with van der Waals surface area (Å²) in [4.78, 5) is 12.9. The van der Waals surface area contributed by atoms with Gasteiger partial charge < -0.3 is 4.74 Å². The van der Waals surface area contributed by atoms with Gasteiger partial charge in [0.2, 0.25) is 0 Å². The Labute approximate surface area is 104 Å². The molecule has 0 aliphatic heterocycles. The number of hydrogen-bond donors (Lipinski definition) is 0. The maximum atomic E-state index is 11.3. The van der Waals surface area contributed by atoms with E-state index in [0.29, 0.717) is 4.88 Å². The summed E-state index contributed by atoms with van der Waals surface area (Å²) in [6.45, 7) is 0. The predicted octanol–water partition coefficient (Wildman–Crippen LogP) is 3.71. The van der Waals surface area contributed by atoms with E-state index in [1.54, 1.807) is 6.07 Å². The molecule has 0 aliphatic carbocycles. The number of benzene rings is 1. The van der Waals surface area contributed by atoms with Crippen molar-refractivity contribution in [3.8, 4) is 0 Å². The lowest BCUT2D eigenvalue weighted by Crippen LogP contribution is -1.96. The van der Waals surface area contributed by atoms with Crippen LogP contribution in [-0.2, 0) is 4.74 Å². The minimum absolute atomic E-state index is 0.283. The van der Waals surface area contributed by atoms with E-state index < -0.39 is 0 Å². The third kappa shape index (κ3) is 3.04. The molecule has 0 radical (unpaired) electrons. The van der Waals surface area contributed by atoms with Gasteiger partial charge in [0.25, 0.3) is 0 Å². The maximum absolute atomic E-state index is 11.3. The molecule has 86 valence electrons. The van der Waals surface area contributed by atoms with Crippen molar-refractivity contribution in [3.63, 3.8) is 0 Å². The molecule has 1 aromatic carbocycles. The Bertz CT molecular complexity index is 526. The average molecular weight is 244 g/mol. The van der Waals surface area contributed by atoms with Gasteiger partial charge in [-0.3, -0.25) is 0 Å². The quantitative estimate of drug-likeness (QED) is 0.769. The fourth-order valence-corrected chi connectivity index (χ4v) is 2.22. The molecule has 1 aromatic heterocycles. The third-order valence-corrected chi connectivity index (χ3v) is 3.28. The number of thiophene rings is 1. The zero-order chi connectivity index (χ0) is 12.1. The molecule has 0 bridgehead atoms. The molecule has 1 heterocycles. The Morgan fingerprint density at radius 2 is 1.88 bits per heavy atom. The van der Waals surface area contributed by atoms with Crippen molar-refractivity contribution in [3.05, 3.63) is 57.8 Å². The summed E-state index contributed by atoms with van der Waals surface area (Å²) in [7, 11) is 1.39. The smallest absolute Gasteiger partial charge is 0.348 e. The molecule has 2 rings (SSSR count). The zero-order valence-electron chi connectivity index (χ0n) is 9.42. The highest BCUT2D eigenvalue weighted by atomic mass is 32.1. The van der Waals surface area contributed by atoms with Gasteiger partial charge in [-0.25, -0.2) is 4.79 Å². The van der Waals surface area contributed by atoms with Crippen LogP contribution < -0.4 is 0 Å². The molecule has 2 aromatic rings. The standard InChI is InChI=1S/C14H12O2S/c1-16-14(15)13-10-9-12(17-13)8-7-11-5-3-2-4-6-11/h2-10H,1H3. The van der Waals surface area contributed by atoms with Crippen molar-refractivity contribution in [2.75, 3.05) is 7.11 Å². The highest BCUT2D eigenvalue weighted by Gasteiger charge is 2.06. The van der Waals surface area contributed by atoms with E-state index in [1.165, 1.54) is 18.4 Å². The van der Waals surface area contributed by atoms with E-state index in [2.05, 4.69) is 4.74 Å². The largest absolute Gasteiger partial charge is 0.465 e. The van der Waals surface area contributed by atoms with Crippen molar-refractivity contribution in [2.45, 2.75) is 0 Å². The fraction of sp³-hybridized carbons (Fsp3) is 0.0714. The second-order valence-corrected chi connectivity index (χ2v) is 4.55. The number of methoxy groups -OCH3 is 1. The van der Waals surface area contributed by atoms with Gasteiger partial charge >= 0.3 is 5.97 Å². The van der Waals surface area contributed by atoms with Crippen molar-refractivity contribution < 1.29 is 9.53 Å². The molecule has 0 amide bonds. The van der Waals surface area contributed by atoms with Gasteiger partial charge in [-0.15, -0.1) is 11.3 Å². The molecule has 0 unspecified atom stereocenters. The van der Waals surface area contributed by atoms with Crippen LogP contribution in [0.5, 0.6) is 0 Å². The first-order chi connectivity index (χ1) is 8.29. The Balaban J connectivity index is 2.12. The zero-order valence-corrected chi connectivity index (χ0v) is 10.2. The molecule has 0 N–H and O–H groups in total. The summed E-state index contributed by atoms with van der Waals surface area (Å²) in [5.74, 6) is -0.283. The van der Waals surface area contributed by atoms with E-state index >= 15 is 0 Å². The topological polar surface area (TPSA) is 26.3 Å². The van der Waals surface area contributed by atoms with E-state index in [1.807, 2.05) is 48.6 Å². The summed E-state index contributed by atoms with van der Waals surface area (Å²) in [6, 6.07) is 13.7. The number of ether oxygens (including phenoxy) is 1. The molecule has 3 heteroatoms. The van der Waals surface area contributed by atoms with E-state index in [-0.39, 0.29) is 5.97 Å². The third-order valence-electron chi connectivity index (χ3n) is 2.25. The minimum atomic E-state index is -0.283. The number of hydrogen-bond acceptors (Lipinski definition) is 3. The highest BCUT2D eigenvalue weighted by Crippen LogP contribution is 2.19. The van der Waals surface area contributed by atoms with Crippen LogP contribution in [0.4, 0.5) is 0 Å². The Morgan fingerprint density at radius 3 is 2.59 bits per heavy atom. The van der Waals surface area contributed by atoms with Gasteiger partial charge in [0.05, 0.1) is 7.11 Å². The van der Waals surface area contributed by atoms with Gasteiger partial charge in [0.1, 0.15) is 4.88 Å². The molecule has 0 aliphatic rings. The number of rotatable bonds is 3. The molecule has 17 heavy (non-hydrogen) atoms. The summed E-state index contributed by atoms with van der Waals surface area (Å²) in [6.07, 6.45) is 4.01. The van der Waals surface area contributed by atoms with Crippen LogP contribution >= 0.6 is 11.3 Å². The van der Waals surface area contributed by atoms with E-state index in [9.17, 15) is 4.79 Å². The van der Waals surface area contributed by atoms with Crippen molar-refractivity contribution >= 4 is 29.5 Å². The molecule has 0 saturated heterocycles. The second-order valence-electron chi connectivity index (χ2n) is 3.44. The number of esters is 1. The van der Waals surface area contributed by atoms with Crippen LogP contribution in [0.2, 0.25) is 0 Å². The van der Waals surface area contributed by atoms with Crippen molar-refractivity contribution in [2.24, 2.45) is 0 Å². The lowest BCUT2D eigenvalue weighted by Gasteiger charge is -1.92. The van der Waals surface area contributed by atoms with Crippen molar-refractivity contribution in [1.29, 1.82) is 0 Å². The van der Waals surface area contributed by atoms with Crippen LogP contribution in [-0.4, -0.2) is 13.1 Å².